The van der Waals surface area contributed by atoms with E-state index < -0.39 is 6.04 Å². The number of ether oxygens (including phenoxy) is 2. The third-order valence-corrected chi connectivity index (χ3v) is 5.01. The van der Waals surface area contributed by atoms with Crippen molar-refractivity contribution in [3.05, 3.63) is 42.5 Å². The number of benzene rings is 2. The minimum absolute atomic E-state index is 0.140. The third kappa shape index (κ3) is 3.57. The number of amides is 1. The van der Waals surface area contributed by atoms with Gasteiger partial charge in [-0.1, -0.05) is 23.5 Å². The predicted octanol–water partition coefficient (Wildman–Crippen LogP) is 3.90. The van der Waals surface area contributed by atoms with Gasteiger partial charge in [0.05, 0.1) is 23.4 Å². The lowest BCUT2D eigenvalue weighted by Gasteiger charge is -2.14. The smallest absolute Gasteiger partial charge is 0.246 e. The van der Waals surface area contributed by atoms with Gasteiger partial charge in [0, 0.05) is 18.2 Å². The normalized spacial score (nSPS) is 14.5. The molecule has 2 N–H and O–H groups in total. The standard InChI is InChI=1S/C19H19N3O3S/c1-12(20-19-22-14-5-2-3-6-17(14)26-19)18(23)21-13-7-8-15-16(11-13)25-10-4-9-24-15/h2-3,5-8,11-12H,4,9-10H2,1H3,(H,20,22)(H,21,23)/t12-/m0/s1. The lowest BCUT2D eigenvalue weighted by Crippen LogP contribution is -2.31. The highest BCUT2D eigenvalue weighted by atomic mass is 32.1. The molecule has 1 aliphatic heterocycles. The highest BCUT2D eigenvalue weighted by Gasteiger charge is 2.17. The lowest BCUT2D eigenvalue weighted by molar-refractivity contribution is -0.116. The minimum Gasteiger partial charge on any atom is -0.490 e. The van der Waals surface area contributed by atoms with E-state index in [0.717, 1.165) is 21.8 Å². The summed E-state index contributed by atoms with van der Waals surface area (Å²) >= 11 is 1.53. The van der Waals surface area contributed by atoms with E-state index >= 15 is 0 Å². The average molecular weight is 369 g/mol. The van der Waals surface area contributed by atoms with Crippen LogP contribution in [0.5, 0.6) is 11.5 Å². The molecule has 0 spiro atoms. The molecule has 0 saturated heterocycles. The van der Waals surface area contributed by atoms with Crippen LogP contribution >= 0.6 is 11.3 Å². The number of hydrogen-bond donors (Lipinski definition) is 2. The number of thiazole rings is 1. The number of hydrogen-bond acceptors (Lipinski definition) is 6. The summed E-state index contributed by atoms with van der Waals surface area (Å²) in [4.78, 5) is 17.0. The van der Waals surface area contributed by atoms with Crippen molar-refractivity contribution in [1.29, 1.82) is 0 Å². The molecule has 0 aliphatic carbocycles. The number of anilines is 2. The average Bonchev–Trinajstić information content (AvgIpc) is 2.90. The molecule has 3 aromatic rings. The highest BCUT2D eigenvalue weighted by Crippen LogP contribution is 2.32. The Bertz CT molecular complexity index is 908. The summed E-state index contributed by atoms with van der Waals surface area (Å²) in [6.07, 6.45) is 0.847. The van der Waals surface area contributed by atoms with E-state index in [2.05, 4.69) is 15.6 Å². The summed E-state index contributed by atoms with van der Waals surface area (Å²) in [7, 11) is 0. The van der Waals surface area contributed by atoms with Crippen LogP contribution in [-0.4, -0.2) is 30.1 Å². The van der Waals surface area contributed by atoms with Crippen LogP contribution in [0.3, 0.4) is 0 Å². The van der Waals surface area contributed by atoms with Crippen molar-refractivity contribution >= 4 is 38.3 Å². The van der Waals surface area contributed by atoms with Gasteiger partial charge in [0.25, 0.3) is 0 Å². The van der Waals surface area contributed by atoms with Gasteiger partial charge in [-0.05, 0) is 31.2 Å². The summed E-state index contributed by atoms with van der Waals surface area (Å²) in [6.45, 7) is 3.06. The van der Waals surface area contributed by atoms with E-state index in [0.29, 0.717) is 30.4 Å². The van der Waals surface area contributed by atoms with E-state index in [1.807, 2.05) is 43.3 Å². The van der Waals surface area contributed by atoms with Gasteiger partial charge in [0.1, 0.15) is 6.04 Å². The predicted molar refractivity (Wildman–Crippen MR) is 103 cm³/mol. The second-order valence-corrected chi connectivity index (χ2v) is 7.08. The molecule has 26 heavy (non-hydrogen) atoms. The summed E-state index contributed by atoms with van der Waals surface area (Å²) in [6, 6.07) is 12.9. The maximum Gasteiger partial charge on any atom is 0.246 e. The second-order valence-electron chi connectivity index (χ2n) is 6.05. The Morgan fingerprint density at radius 1 is 1.15 bits per heavy atom. The first-order valence-electron chi connectivity index (χ1n) is 8.52. The van der Waals surface area contributed by atoms with Crippen molar-refractivity contribution in [3.8, 4) is 11.5 Å². The molecule has 1 aromatic heterocycles. The largest absolute Gasteiger partial charge is 0.490 e. The minimum atomic E-state index is -0.424. The number of nitrogens with zero attached hydrogens (tertiary/aromatic N) is 1. The zero-order chi connectivity index (χ0) is 17.9. The Labute approximate surface area is 155 Å². The quantitative estimate of drug-likeness (QED) is 0.730. The number of fused-ring (bicyclic) bond motifs is 2. The van der Waals surface area contributed by atoms with Gasteiger partial charge in [-0.3, -0.25) is 4.79 Å². The molecular weight excluding hydrogens is 350 g/mol. The van der Waals surface area contributed by atoms with Crippen molar-refractivity contribution in [2.75, 3.05) is 23.8 Å². The van der Waals surface area contributed by atoms with Crippen molar-refractivity contribution < 1.29 is 14.3 Å². The molecule has 6 nitrogen and oxygen atoms in total. The molecule has 4 rings (SSSR count). The lowest BCUT2D eigenvalue weighted by atomic mass is 10.2. The molecule has 0 saturated carbocycles. The van der Waals surface area contributed by atoms with Crippen molar-refractivity contribution in [1.82, 2.24) is 4.98 Å². The highest BCUT2D eigenvalue weighted by molar-refractivity contribution is 7.22. The molecule has 1 amide bonds. The monoisotopic (exact) mass is 369 g/mol. The molecular formula is C19H19N3O3S. The maximum absolute atomic E-state index is 12.5. The van der Waals surface area contributed by atoms with Gasteiger partial charge in [-0.25, -0.2) is 4.98 Å². The molecule has 1 atom stereocenters. The Balaban J connectivity index is 1.43. The van der Waals surface area contributed by atoms with Crippen LogP contribution in [0, 0.1) is 0 Å². The topological polar surface area (TPSA) is 72.5 Å². The molecule has 0 bridgehead atoms. The van der Waals surface area contributed by atoms with E-state index in [9.17, 15) is 4.79 Å². The van der Waals surface area contributed by atoms with E-state index in [4.69, 9.17) is 9.47 Å². The fraction of sp³-hybridized carbons (Fsp3) is 0.263. The van der Waals surface area contributed by atoms with Gasteiger partial charge in [-0.2, -0.15) is 0 Å². The van der Waals surface area contributed by atoms with Crippen molar-refractivity contribution in [2.24, 2.45) is 0 Å². The molecule has 134 valence electrons. The summed E-state index contributed by atoms with van der Waals surface area (Å²) in [5, 5.41) is 6.80. The Kier molecular flexibility index (Phi) is 4.62. The number of aromatic nitrogens is 1. The number of nitrogens with one attached hydrogen (secondary N) is 2. The first kappa shape index (κ1) is 16.7. The van der Waals surface area contributed by atoms with Crippen LogP contribution in [0.25, 0.3) is 10.2 Å². The van der Waals surface area contributed by atoms with Gasteiger partial charge in [0.15, 0.2) is 16.6 Å². The van der Waals surface area contributed by atoms with Crippen molar-refractivity contribution in [2.45, 2.75) is 19.4 Å². The summed E-state index contributed by atoms with van der Waals surface area (Å²) in [5.41, 5.74) is 1.60. The molecule has 0 unspecified atom stereocenters. The molecule has 7 heteroatoms. The molecule has 2 aromatic carbocycles. The number of carbonyl (C=O) groups is 1. The zero-order valence-corrected chi connectivity index (χ0v) is 15.1. The second kappa shape index (κ2) is 7.21. The summed E-state index contributed by atoms with van der Waals surface area (Å²) < 4.78 is 12.4. The zero-order valence-electron chi connectivity index (χ0n) is 14.3. The summed E-state index contributed by atoms with van der Waals surface area (Å²) in [5.74, 6) is 1.23. The van der Waals surface area contributed by atoms with Crippen LogP contribution in [0.2, 0.25) is 0 Å². The van der Waals surface area contributed by atoms with Gasteiger partial charge >= 0.3 is 0 Å². The first-order chi connectivity index (χ1) is 12.7. The Morgan fingerprint density at radius 2 is 1.96 bits per heavy atom. The van der Waals surface area contributed by atoms with Crippen LogP contribution in [-0.2, 0) is 4.79 Å². The van der Waals surface area contributed by atoms with Crippen LogP contribution in [0.1, 0.15) is 13.3 Å². The van der Waals surface area contributed by atoms with Crippen LogP contribution < -0.4 is 20.1 Å². The van der Waals surface area contributed by atoms with E-state index in [1.165, 1.54) is 11.3 Å². The van der Waals surface area contributed by atoms with E-state index in [1.54, 1.807) is 6.07 Å². The molecule has 0 radical (unpaired) electrons. The van der Waals surface area contributed by atoms with Crippen LogP contribution in [0.15, 0.2) is 42.5 Å². The molecule has 0 fully saturated rings. The maximum atomic E-state index is 12.5. The van der Waals surface area contributed by atoms with Gasteiger partial charge in [-0.15, -0.1) is 0 Å². The molecule has 2 heterocycles. The SMILES string of the molecule is C[C@H](Nc1nc2ccccc2s1)C(=O)Nc1ccc2c(c1)OCCCO2. The van der Waals surface area contributed by atoms with Crippen molar-refractivity contribution in [3.63, 3.8) is 0 Å². The Morgan fingerprint density at radius 3 is 2.81 bits per heavy atom. The first-order valence-corrected chi connectivity index (χ1v) is 9.33. The third-order valence-electron chi connectivity index (χ3n) is 4.04. The number of rotatable bonds is 4. The van der Waals surface area contributed by atoms with Gasteiger partial charge in [0.2, 0.25) is 5.91 Å². The van der Waals surface area contributed by atoms with Crippen LogP contribution in [0.4, 0.5) is 10.8 Å². The fourth-order valence-electron chi connectivity index (χ4n) is 2.68. The Hall–Kier alpha value is -2.80. The number of carbonyl (C=O) groups excluding carboxylic acids is 1. The molecule has 1 aliphatic rings. The van der Waals surface area contributed by atoms with Gasteiger partial charge < -0.3 is 20.1 Å². The number of para-hydroxylation sites is 1. The van der Waals surface area contributed by atoms with E-state index in [-0.39, 0.29) is 5.91 Å². The fourth-order valence-corrected chi connectivity index (χ4v) is 3.63.